The van der Waals surface area contributed by atoms with Crippen LogP contribution in [0.2, 0.25) is 0 Å². The summed E-state index contributed by atoms with van der Waals surface area (Å²) in [6, 6.07) is 20.5. The van der Waals surface area contributed by atoms with Gasteiger partial charge in [-0.2, -0.15) is 0 Å². The molecule has 1 atom stereocenters. The first-order valence-corrected chi connectivity index (χ1v) is 8.69. The maximum Gasteiger partial charge on any atom is 0.0726 e. The zero-order chi connectivity index (χ0) is 16.9. The molecule has 0 saturated carbocycles. The van der Waals surface area contributed by atoms with Crippen LogP contribution < -0.4 is 11.1 Å². The Kier molecular flexibility index (Phi) is 5.16. The lowest BCUT2D eigenvalue weighted by Gasteiger charge is -2.21. The summed E-state index contributed by atoms with van der Waals surface area (Å²) in [6.07, 6.45) is 2.66. The van der Waals surface area contributed by atoms with Crippen molar-refractivity contribution in [2.24, 2.45) is 0 Å². The Morgan fingerprint density at radius 3 is 2.58 bits per heavy atom. The number of nitrogens with zero attached hydrogens (tertiary/aromatic N) is 1. The summed E-state index contributed by atoms with van der Waals surface area (Å²) in [4.78, 5) is 4.53. The first kappa shape index (κ1) is 16.5. The molecule has 0 spiro atoms. The molecule has 3 aromatic rings. The van der Waals surface area contributed by atoms with Crippen molar-refractivity contribution in [3.8, 4) is 0 Å². The second kappa shape index (κ2) is 7.49. The predicted molar refractivity (Wildman–Crippen MR) is 104 cm³/mol. The largest absolute Gasteiger partial charge is 0.397 e. The standard InChI is InChI=1S/C20H20BrN3/c1-14-5-7-15(8-6-14)12-20(18-4-2-3-11-23-18)24-19-13-16(21)9-10-17(19)22/h2-11,13,20,24H,12,22H2,1H3/t20-/m1/s1. The van der Waals surface area contributed by atoms with Gasteiger partial charge >= 0.3 is 0 Å². The molecule has 2 aromatic carbocycles. The number of hydrogen-bond acceptors (Lipinski definition) is 3. The van der Waals surface area contributed by atoms with Crippen LogP contribution in [-0.4, -0.2) is 4.98 Å². The smallest absolute Gasteiger partial charge is 0.0726 e. The second-order valence-electron chi connectivity index (χ2n) is 5.87. The van der Waals surface area contributed by atoms with Gasteiger partial charge < -0.3 is 11.1 Å². The van der Waals surface area contributed by atoms with Gasteiger partial charge in [0.1, 0.15) is 0 Å². The Morgan fingerprint density at radius 1 is 1.08 bits per heavy atom. The number of aromatic nitrogens is 1. The molecule has 0 saturated heterocycles. The molecule has 0 amide bonds. The van der Waals surface area contributed by atoms with Crippen molar-refractivity contribution in [3.63, 3.8) is 0 Å². The zero-order valence-electron chi connectivity index (χ0n) is 13.5. The third-order valence-corrected chi connectivity index (χ3v) is 4.44. The van der Waals surface area contributed by atoms with E-state index in [9.17, 15) is 0 Å². The minimum Gasteiger partial charge on any atom is -0.397 e. The predicted octanol–water partition coefficient (Wildman–Crippen LogP) is 5.13. The van der Waals surface area contributed by atoms with Crippen molar-refractivity contribution in [3.05, 3.63) is 88.2 Å². The summed E-state index contributed by atoms with van der Waals surface area (Å²) in [6.45, 7) is 2.10. The van der Waals surface area contributed by atoms with Gasteiger partial charge in [-0.1, -0.05) is 51.8 Å². The quantitative estimate of drug-likeness (QED) is 0.602. The maximum absolute atomic E-state index is 6.13. The highest BCUT2D eigenvalue weighted by atomic mass is 79.9. The third-order valence-electron chi connectivity index (χ3n) is 3.95. The Morgan fingerprint density at radius 2 is 1.88 bits per heavy atom. The van der Waals surface area contributed by atoms with Gasteiger partial charge in [0.15, 0.2) is 0 Å². The summed E-state index contributed by atoms with van der Waals surface area (Å²) in [5, 5.41) is 3.55. The van der Waals surface area contributed by atoms with Crippen molar-refractivity contribution in [2.75, 3.05) is 11.1 Å². The van der Waals surface area contributed by atoms with Crippen LogP contribution in [0.25, 0.3) is 0 Å². The van der Waals surface area contributed by atoms with Crippen LogP contribution >= 0.6 is 15.9 Å². The number of nitrogens with one attached hydrogen (secondary N) is 1. The molecule has 3 N–H and O–H groups in total. The van der Waals surface area contributed by atoms with Crippen LogP contribution in [0.1, 0.15) is 22.9 Å². The molecule has 0 bridgehead atoms. The van der Waals surface area contributed by atoms with E-state index in [0.29, 0.717) is 0 Å². The van der Waals surface area contributed by atoms with Gasteiger partial charge in [-0.3, -0.25) is 4.98 Å². The van der Waals surface area contributed by atoms with Gasteiger partial charge in [-0.25, -0.2) is 0 Å². The summed E-state index contributed by atoms with van der Waals surface area (Å²) in [5.74, 6) is 0. The van der Waals surface area contributed by atoms with E-state index in [1.54, 1.807) is 0 Å². The van der Waals surface area contributed by atoms with Gasteiger partial charge in [0.2, 0.25) is 0 Å². The molecule has 3 rings (SSSR count). The Hall–Kier alpha value is -2.33. The van der Waals surface area contributed by atoms with Crippen molar-refractivity contribution in [1.29, 1.82) is 0 Å². The van der Waals surface area contributed by atoms with Crippen LogP contribution in [0.5, 0.6) is 0 Å². The first-order valence-electron chi connectivity index (χ1n) is 7.90. The van der Waals surface area contributed by atoms with Gasteiger partial charge in [0.25, 0.3) is 0 Å². The van der Waals surface area contributed by atoms with E-state index in [1.807, 2.05) is 42.6 Å². The minimum absolute atomic E-state index is 0.0468. The number of anilines is 2. The number of nitrogen functional groups attached to an aromatic ring is 1. The molecule has 4 heteroatoms. The molecule has 0 aliphatic rings. The number of pyridine rings is 1. The highest BCUT2D eigenvalue weighted by Gasteiger charge is 2.15. The van der Waals surface area contributed by atoms with Crippen molar-refractivity contribution < 1.29 is 0 Å². The normalized spacial score (nSPS) is 11.9. The fourth-order valence-corrected chi connectivity index (χ4v) is 2.97. The average molecular weight is 382 g/mol. The van der Waals surface area contributed by atoms with Crippen LogP contribution in [0, 0.1) is 6.92 Å². The highest BCUT2D eigenvalue weighted by molar-refractivity contribution is 9.10. The van der Waals surface area contributed by atoms with Gasteiger partial charge in [0, 0.05) is 10.7 Å². The Bertz CT molecular complexity index is 801. The summed E-state index contributed by atoms with van der Waals surface area (Å²) in [5.41, 5.74) is 11.3. The fraction of sp³-hybridized carbons (Fsp3) is 0.150. The monoisotopic (exact) mass is 381 g/mol. The number of aryl methyl sites for hydroxylation is 1. The molecular formula is C20H20BrN3. The number of halogens is 1. The Labute approximate surface area is 151 Å². The number of hydrogen-bond donors (Lipinski definition) is 2. The molecule has 0 aliphatic heterocycles. The van der Waals surface area contributed by atoms with Gasteiger partial charge in [-0.15, -0.1) is 0 Å². The van der Waals surface area contributed by atoms with E-state index in [1.165, 1.54) is 11.1 Å². The highest BCUT2D eigenvalue weighted by Crippen LogP contribution is 2.28. The molecule has 1 heterocycles. The van der Waals surface area contributed by atoms with E-state index in [2.05, 4.69) is 57.4 Å². The molecule has 122 valence electrons. The number of nitrogens with two attached hydrogens (primary N) is 1. The molecule has 0 fully saturated rings. The second-order valence-corrected chi connectivity index (χ2v) is 6.79. The lowest BCUT2D eigenvalue weighted by atomic mass is 10.0. The average Bonchev–Trinajstić information content (AvgIpc) is 2.60. The van der Waals surface area contributed by atoms with Gasteiger partial charge in [0.05, 0.1) is 23.1 Å². The molecule has 0 radical (unpaired) electrons. The SMILES string of the molecule is Cc1ccc(C[C@@H](Nc2cc(Br)ccc2N)c2ccccn2)cc1. The Balaban J connectivity index is 1.90. The molecule has 1 aromatic heterocycles. The molecular weight excluding hydrogens is 362 g/mol. The van der Waals surface area contributed by atoms with Gasteiger partial charge in [-0.05, 0) is 49.2 Å². The van der Waals surface area contributed by atoms with Crippen LogP contribution in [0.4, 0.5) is 11.4 Å². The minimum atomic E-state index is 0.0468. The third kappa shape index (κ3) is 4.15. The lowest BCUT2D eigenvalue weighted by molar-refractivity contribution is 0.746. The summed E-state index contributed by atoms with van der Waals surface area (Å²) < 4.78 is 0.995. The van der Waals surface area contributed by atoms with E-state index in [0.717, 1.165) is 28.0 Å². The lowest BCUT2D eigenvalue weighted by Crippen LogP contribution is -2.16. The summed E-state index contributed by atoms with van der Waals surface area (Å²) >= 11 is 3.51. The van der Waals surface area contributed by atoms with Crippen molar-refractivity contribution in [2.45, 2.75) is 19.4 Å². The van der Waals surface area contributed by atoms with Crippen LogP contribution in [0.3, 0.4) is 0 Å². The molecule has 24 heavy (non-hydrogen) atoms. The van der Waals surface area contributed by atoms with E-state index >= 15 is 0 Å². The zero-order valence-corrected chi connectivity index (χ0v) is 15.1. The topological polar surface area (TPSA) is 50.9 Å². The van der Waals surface area contributed by atoms with Crippen LogP contribution in [0.15, 0.2) is 71.3 Å². The van der Waals surface area contributed by atoms with E-state index in [-0.39, 0.29) is 6.04 Å². The van der Waals surface area contributed by atoms with E-state index in [4.69, 9.17) is 5.73 Å². The fourth-order valence-electron chi connectivity index (χ4n) is 2.61. The first-order chi connectivity index (χ1) is 11.6. The number of rotatable bonds is 5. The number of benzene rings is 2. The molecule has 0 aliphatic carbocycles. The van der Waals surface area contributed by atoms with Crippen molar-refractivity contribution >= 4 is 27.3 Å². The van der Waals surface area contributed by atoms with Crippen LogP contribution in [-0.2, 0) is 6.42 Å². The van der Waals surface area contributed by atoms with Crippen molar-refractivity contribution in [1.82, 2.24) is 4.98 Å². The molecule has 0 unspecified atom stereocenters. The molecule has 3 nitrogen and oxygen atoms in total. The summed E-state index contributed by atoms with van der Waals surface area (Å²) in [7, 11) is 0. The van der Waals surface area contributed by atoms with E-state index < -0.39 is 0 Å². The maximum atomic E-state index is 6.13.